The minimum Gasteiger partial charge on any atom is -0.131 e. The zero-order valence-corrected chi connectivity index (χ0v) is 18.0. The Balaban J connectivity index is 2.21. The van der Waals surface area contributed by atoms with Gasteiger partial charge in [0.2, 0.25) is 8.07 Å². The van der Waals surface area contributed by atoms with E-state index in [0.29, 0.717) is 0 Å². The second kappa shape index (κ2) is 6.42. The van der Waals surface area contributed by atoms with Crippen molar-refractivity contribution in [2.24, 2.45) is 0 Å². The summed E-state index contributed by atoms with van der Waals surface area (Å²) in [5.41, 5.74) is 21.0. The Bertz CT molecular complexity index is 755. The molecular formula is C20H24Si3. The Morgan fingerprint density at radius 1 is 0.652 bits per heavy atom. The highest BCUT2D eigenvalue weighted by molar-refractivity contribution is 6.99. The molecule has 0 bridgehead atoms. The molecule has 0 radical (unpaired) electrons. The number of hydrogen-bond acceptors (Lipinski definition) is 0. The van der Waals surface area contributed by atoms with Crippen LogP contribution in [-0.2, 0) is 0 Å². The van der Waals surface area contributed by atoms with E-state index in [0.717, 1.165) is 0 Å². The Morgan fingerprint density at radius 3 is 1.35 bits per heavy atom. The van der Waals surface area contributed by atoms with Crippen LogP contribution in [0.3, 0.4) is 0 Å². The van der Waals surface area contributed by atoms with Crippen molar-refractivity contribution in [1.29, 1.82) is 0 Å². The van der Waals surface area contributed by atoms with Crippen LogP contribution in [0.4, 0.5) is 0 Å². The second-order valence-electron chi connectivity index (χ2n) is 7.54. The average molecular weight is 349 g/mol. The van der Waals surface area contributed by atoms with Gasteiger partial charge in [-0.2, -0.15) is 0 Å². The lowest BCUT2D eigenvalue weighted by atomic mass is 10.6. The molecular weight excluding hydrogens is 324 g/mol. The van der Waals surface area contributed by atoms with Crippen molar-refractivity contribution >= 4 is 24.2 Å². The van der Waals surface area contributed by atoms with E-state index in [9.17, 15) is 0 Å². The summed E-state index contributed by atoms with van der Waals surface area (Å²) in [4.78, 5) is 0. The quantitative estimate of drug-likeness (QED) is 0.387. The van der Waals surface area contributed by atoms with Crippen molar-refractivity contribution in [2.45, 2.75) is 39.3 Å². The average Bonchev–Trinajstić information content (AvgIpc) is 3.16. The third-order valence-electron chi connectivity index (χ3n) is 3.92. The lowest BCUT2D eigenvalue weighted by Gasteiger charge is -2.16. The normalized spacial score (nSPS) is 15.7. The maximum atomic E-state index is 3.60. The first kappa shape index (κ1) is 17.6. The van der Waals surface area contributed by atoms with Gasteiger partial charge in [-0.1, -0.05) is 50.5 Å². The molecule has 0 nitrogen and oxygen atoms in total. The SMILES string of the molecule is C[Si](C)(C#C[Si](C)(C)C1=C=CC=C1)C#C[Si](C)(C)C1=C=CC=C1. The molecule has 116 valence electrons. The third kappa shape index (κ3) is 4.63. The van der Waals surface area contributed by atoms with Gasteiger partial charge in [-0.3, -0.25) is 0 Å². The van der Waals surface area contributed by atoms with E-state index >= 15 is 0 Å². The Kier molecular flexibility index (Phi) is 4.93. The lowest BCUT2D eigenvalue weighted by Crippen LogP contribution is -2.31. The second-order valence-corrected chi connectivity index (χ2v) is 19.4. The monoisotopic (exact) mass is 348 g/mol. The number of allylic oxidation sites excluding steroid dienone is 6. The van der Waals surface area contributed by atoms with Crippen molar-refractivity contribution in [2.75, 3.05) is 0 Å². The summed E-state index contributed by atoms with van der Waals surface area (Å²) < 4.78 is 0. The maximum Gasteiger partial charge on any atom is 0.209 e. The largest absolute Gasteiger partial charge is 0.209 e. The molecule has 0 saturated carbocycles. The highest BCUT2D eigenvalue weighted by Gasteiger charge is 2.26. The van der Waals surface area contributed by atoms with Gasteiger partial charge < -0.3 is 0 Å². The molecule has 0 atom stereocenters. The van der Waals surface area contributed by atoms with Crippen molar-refractivity contribution < 1.29 is 0 Å². The van der Waals surface area contributed by atoms with Gasteiger partial charge in [0.1, 0.15) is 0 Å². The molecule has 0 aliphatic heterocycles. The van der Waals surface area contributed by atoms with Crippen LogP contribution in [-0.4, -0.2) is 24.2 Å². The molecule has 0 fully saturated rings. The summed E-state index contributed by atoms with van der Waals surface area (Å²) in [5, 5.41) is 2.59. The summed E-state index contributed by atoms with van der Waals surface area (Å²) in [6.07, 6.45) is 12.4. The standard InChI is InChI=1S/C20H24Si3/c1-21(2,15-17-22(3,4)19-11-7-8-12-19)16-18-23(5,6)20-13-9-10-14-20/h7-11,13H,1-6H3. The van der Waals surface area contributed by atoms with Crippen LogP contribution in [0.5, 0.6) is 0 Å². The van der Waals surface area contributed by atoms with Crippen LogP contribution in [0.25, 0.3) is 0 Å². The molecule has 2 aliphatic rings. The Hall–Kier alpha value is -1.71. The van der Waals surface area contributed by atoms with Gasteiger partial charge in [-0.05, 0) is 35.6 Å². The van der Waals surface area contributed by atoms with Gasteiger partial charge in [-0.25, -0.2) is 0 Å². The van der Waals surface area contributed by atoms with E-state index in [4.69, 9.17) is 0 Å². The van der Waals surface area contributed by atoms with E-state index in [1.165, 1.54) is 10.4 Å². The van der Waals surface area contributed by atoms with Gasteiger partial charge >= 0.3 is 0 Å². The van der Waals surface area contributed by atoms with E-state index in [1.54, 1.807) is 0 Å². The first-order valence-corrected chi connectivity index (χ1v) is 17.0. The molecule has 2 aliphatic carbocycles. The fourth-order valence-electron chi connectivity index (χ4n) is 2.23. The van der Waals surface area contributed by atoms with Crippen LogP contribution >= 0.6 is 0 Å². The van der Waals surface area contributed by atoms with Gasteiger partial charge in [0, 0.05) is 0 Å². The predicted molar refractivity (Wildman–Crippen MR) is 109 cm³/mol. The minimum atomic E-state index is -1.83. The van der Waals surface area contributed by atoms with Crippen LogP contribution in [0, 0.1) is 22.2 Å². The Morgan fingerprint density at radius 2 is 1.04 bits per heavy atom. The van der Waals surface area contributed by atoms with E-state index < -0.39 is 24.2 Å². The van der Waals surface area contributed by atoms with Crippen LogP contribution < -0.4 is 0 Å². The van der Waals surface area contributed by atoms with Crippen molar-refractivity contribution in [3.63, 3.8) is 0 Å². The first-order valence-electron chi connectivity index (χ1n) is 7.99. The molecule has 0 aromatic carbocycles. The summed E-state index contributed by atoms with van der Waals surface area (Å²) in [7, 11) is -5.25. The molecule has 3 heteroatoms. The lowest BCUT2D eigenvalue weighted by molar-refractivity contribution is 1.77. The number of hydrogen-bond donors (Lipinski definition) is 0. The Labute approximate surface area is 144 Å². The fourth-order valence-corrected chi connectivity index (χ4v) is 9.48. The molecule has 2 rings (SSSR count). The van der Waals surface area contributed by atoms with E-state index in [2.05, 4.69) is 97.2 Å². The zero-order valence-electron chi connectivity index (χ0n) is 15.0. The molecule has 0 heterocycles. The summed E-state index contributed by atoms with van der Waals surface area (Å²) in [6.45, 7) is 13.7. The van der Waals surface area contributed by atoms with Crippen LogP contribution in [0.15, 0.2) is 58.3 Å². The van der Waals surface area contributed by atoms with E-state index in [-0.39, 0.29) is 0 Å². The van der Waals surface area contributed by atoms with Crippen molar-refractivity contribution in [3.05, 3.63) is 58.3 Å². The van der Waals surface area contributed by atoms with E-state index in [1.807, 2.05) is 12.2 Å². The molecule has 0 unspecified atom stereocenters. The van der Waals surface area contributed by atoms with Crippen molar-refractivity contribution in [1.82, 2.24) is 0 Å². The fraction of sp³-hybridized carbons (Fsp3) is 0.300. The maximum absolute atomic E-state index is 3.60. The molecule has 0 aromatic rings. The molecule has 0 saturated heterocycles. The predicted octanol–water partition coefficient (Wildman–Crippen LogP) is 4.66. The molecule has 0 N–H and O–H groups in total. The van der Waals surface area contributed by atoms with Crippen LogP contribution in [0.1, 0.15) is 0 Å². The highest BCUT2D eigenvalue weighted by atomic mass is 28.3. The van der Waals surface area contributed by atoms with Crippen molar-refractivity contribution in [3.8, 4) is 22.2 Å². The van der Waals surface area contributed by atoms with Crippen LogP contribution in [0.2, 0.25) is 39.3 Å². The summed E-state index contributed by atoms with van der Waals surface area (Å²) in [5.74, 6) is 0. The smallest absolute Gasteiger partial charge is 0.131 e. The topological polar surface area (TPSA) is 0 Å². The van der Waals surface area contributed by atoms with Gasteiger partial charge in [0.15, 0.2) is 16.1 Å². The van der Waals surface area contributed by atoms with Gasteiger partial charge in [-0.15, -0.1) is 33.6 Å². The third-order valence-corrected chi connectivity index (χ3v) is 10.7. The summed E-state index contributed by atoms with van der Waals surface area (Å²) in [6, 6.07) is 0. The molecule has 0 aromatic heterocycles. The zero-order chi connectivity index (χ0) is 17.1. The van der Waals surface area contributed by atoms with Gasteiger partial charge in [0.05, 0.1) is 0 Å². The number of rotatable bonds is 2. The molecule has 0 amide bonds. The molecule has 23 heavy (non-hydrogen) atoms. The molecule has 0 spiro atoms. The first-order chi connectivity index (χ1) is 10.6. The minimum absolute atomic E-state index is 1.30. The highest BCUT2D eigenvalue weighted by Crippen LogP contribution is 2.19. The summed E-state index contributed by atoms with van der Waals surface area (Å²) >= 11 is 0. The van der Waals surface area contributed by atoms with Gasteiger partial charge in [0.25, 0.3) is 0 Å².